The molecule has 106 valence electrons. The first-order valence-corrected chi connectivity index (χ1v) is 6.24. The van der Waals surface area contributed by atoms with E-state index in [9.17, 15) is 13.2 Å². The van der Waals surface area contributed by atoms with Crippen molar-refractivity contribution in [3.05, 3.63) is 35.4 Å². The molecule has 0 aromatic heterocycles. The lowest BCUT2D eigenvalue weighted by atomic mass is 9.99. The average Bonchev–Trinajstić information content (AvgIpc) is 2.89. The van der Waals surface area contributed by atoms with Crippen molar-refractivity contribution in [1.82, 2.24) is 5.43 Å². The number of hydrogen-bond acceptors (Lipinski definition) is 3. The molecule has 1 heterocycles. The van der Waals surface area contributed by atoms with Crippen molar-refractivity contribution < 1.29 is 17.9 Å². The SMILES string of the molecule is NNC(Cc1ccc(C(F)(F)F)cc1)C1CCCO1. The van der Waals surface area contributed by atoms with Gasteiger partial charge in [-0.1, -0.05) is 12.1 Å². The van der Waals surface area contributed by atoms with E-state index in [2.05, 4.69) is 5.43 Å². The zero-order valence-corrected chi connectivity index (χ0v) is 10.4. The van der Waals surface area contributed by atoms with E-state index in [1.807, 2.05) is 0 Å². The molecule has 0 spiro atoms. The molecule has 6 heteroatoms. The molecule has 1 aromatic carbocycles. The molecule has 1 aliphatic heterocycles. The second-order valence-corrected chi connectivity index (χ2v) is 4.72. The second kappa shape index (κ2) is 5.90. The number of alkyl halides is 3. The third-order valence-corrected chi connectivity index (χ3v) is 3.36. The van der Waals surface area contributed by atoms with Crippen LogP contribution in [0.25, 0.3) is 0 Å². The molecule has 0 bridgehead atoms. The fraction of sp³-hybridized carbons (Fsp3) is 0.538. The summed E-state index contributed by atoms with van der Waals surface area (Å²) in [6, 6.07) is 5.10. The number of halogens is 3. The highest BCUT2D eigenvalue weighted by Crippen LogP contribution is 2.29. The van der Waals surface area contributed by atoms with Crippen molar-refractivity contribution in [3.63, 3.8) is 0 Å². The Hall–Kier alpha value is -1.11. The quantitative estimate of drug-likeness (QED) is 0.654. The number of benzene rings is 1. The molecule has 2 atom stereocenters. The van der Waals surface area contributed by atoms with E-state index < -0.39 is 11.7 Å². The summed E-state index contributed by atoms with van der Waals surface area (Å²) < 4.78 is 42.9. The Labute approximate surface area is 109 Å². The van der Waals surface area contributed by atoms with Gasteiger partial charge in [0.1, 0.15) is 0 Å². The topological polar surface area (TPSA) is 47.3 Å². The Balaban J connectivity index is 2.01. The summed E-state index contributed by atoms with van der Waals surface area (Å²) >= 11 is 0. The molecular formula is C13H17F3N2O. The van der Waals surface area contributed by atoms with Crippen molar-refractivity contribution in [2.45, 2.75) is 37.6 Å². The van der Waals surface area contributed by atoms with Crippen molar-refractivity contribution in [3.8, 4) is 0 Å². The van der Waals surface area contributed by atoms with E-state index in [1.165, 1.54) is 12.1 Å². The summed E-state index contributed by atoms with van der Waals surface area (Å²) in [6.07, 6.45) is -1.78. The molecule has 1 aliphatic rings. The Kier molecular flexibility index (Phi) is 4.44. The fourth-order valence-electron chi connectivity index (χ4n) is 2.30. The highest BCUT2D eigenvalue weighted by molar-refractivity contribution is 5.25. The predicted octanol–water partition coefficient (Wildman–Crippen LogP) is 2.26. The van der Waals surface area contributed by atoms with Crippen LogP contribution in [0.1, 0.15) is 24.0 Å². The molecule has 0 amide bonds. The fourth-order valence-corrected chi connectivity index (χ4v) is 2.30. The van der Waals surface area contributed by atoms with Gasteiger partial charge in [-0.05, 0) is 37.0 Å². The minimum atomic E-state index is -4.29. The molecule has 19 heavy (non-hydrogen) atoms. The molecule has 1 aromatic rings. The van der Waals surface area contributed by atoms with Gasteiger partial charge in [-0.3, -0.25) is 11.3 Å². The van der Waals surface area contributed by atoms with Crippen molar-refractivity contribution in [1.29, 1.82) is 0 Å². The third-order valence-electron chi connectivity index (χ3n) is 3.36. The smallest absolute Gasteiger partial charge is 0.377 e. The predicted molar refractivity (Wildman–Crippen MR) is 65.2 cm³/mol. The molecule has 2 rings (SSSR count). The van der Waals surface area contributed by atoms with Gasteiger partial charge in [0, 0.05) is 6.61 Å². The Morgan fingerprint density at radius 3 is 2.47 bits per heavy atom. The van der Waals surface area contributed by atoms with Crippen LogP contribution in [0.15, 0.2) is 24.3 Å². The number of rotatable bonds is 4. The molecule has 1 saturated heterocycles. The molecule has 3 nitrogen and oxygen atoms in total. The van der Waals surface area contributed by atoms with Crippen LogP contribution in [0.5, 0.6) is 0 Å². The summed E-state index contributed by atoms with van der Waals surface area (Å²) in [6.45, 7) is 0.718. The second-order valence-electron chi connectivity index (χ2n) is 4.72. The van der Waals surface area contributed by atoms with Crippen LogP contribution in [0.4, 0.5) is 13.2 Å². The number of nitrogens with one attached hydrogen (secondary N) is 1. The lowest BCUT2D eigenvalue weighted by Gasteiger charge is -2.22. The number of ether oxygens (including phenoxy) is 1. The van der Waals surface area contributed by atoms with E-state index in [1.54, 1.807) is 0 Å². The van der Waals surface area contributed by atoms with Crippen LogP contribution >= 0.6 is 0 Å². The third kappa shape index (κ3) is 3.68. The standard InChI is InChI=1S/C13H17F3N2O/c14-13(15,16)10-5-3-9(4-6-10)8-11(18-17)12-2-1-7-19-12/h3-6,11-12,18H,1-2,7-8,17H2. The summed E-state index contributed by atoms with van der Waals surface area (Å²) in [4.78, 5) is 0. The van der Waals surface area contributed by atoms with Gasteiger partial charge in [0.25, 0.3) is 0 Å². The summed E-state index contributed by atoms with van der Waals surface area (Å²) in [5, 5.41) is 0. The van der Waals surface area contributed by atoms with Gasteiger partial charge in [-0.15, -0.1) is 0 Å². The first kappa shape index (κ1) is 14.3. The van der Waals surface area contributed by atoms with Gasteiger partial charge in [-0.2, -0.15) is 13.2 Å². The van der Waals surface area contributed by atoms with Gasteiger partial charge in [0.05, 0.1) is 17.7 Å². The van der Waals surface area contributed by atoms with Crippen LogP contribution in [0.3, 0.4) is 0 Å². The Bertz CT molecular complexity index is 399. The molecule has 0 radical (unpaired) electrons. The van der Waals surface area contributed by atoms with E-state index in [0.29, 0.717) is 6.42 Å². The first-order chi connectivity index (χ1) is 9.00. The molecular weight excluding hydrogens is 257 g/mol. The van der Waals surface area contributed by atoms with Crippen molar-refractivity contribution in [2.24, 2.45) is 5.84 Å². The van der Waals surface area contributed by atoms with Gasteiger partial charge in [0.2, 0.25) is 0 Å². The van der Waals surface area contributed by atoms with Gasteiger partial charge in [-0.25, -0.2) is 0 Å². The highest BCUT2D eigenvalue weighted by atomic mass is 19.4. The zero-order chi connectivity index (χ0) is 13.9. The summed E-state index contributed by atoms with van der Waals surface area (Å²) in [5.41, 5.74) is 2.87. The molecule has 3 N–H and O–H groups in total. The Morgan fingerprint density at radius 2 is 2.00 bits per heavy atom. The minimum Gasteiger partial charge on any atom is -0.377 e. The van der Waals surface area contributed by atoms with Crippen LogP contribution in [0.2, 0.25) is 0 Å². The van der Waals surface area contributed by atoms with Crippen molar-refractivity contribution in [2.75, 3.05) is 6.61 Å². The van der Waals surface area contributed by atoms with Gasteiger partial charge < -0.3 is 4.74 Å². The van der Waals surface area contributed by atoms with Gasteiger partial charge >= 0.3 is 6.18 Å². The lowest BCUT2D eigenvalue weighted by Crippen LogP contribution is -2.45. The van der Waals surface area contributed by atoms with E-state index in [4.69, 9.17) is 10.6 Å². The van der Waals surface area contributed by atoms with Crippen LogP contribution in [0, 0.1) is 0 Å². The van der Waals surface area contributed by atoms with Crippen molar-refractivity contribution >= 4 is 0 Å². The average molecular weight is 274 g/mol. The maximum Gasteiger partial charge on any atom is 0.416 e. The largest absolute Gasteiger partial charge is 0.416 e. The van der Waals surface area contributed by atoms with Gasteiger partial charge in [0.15, 0.2) is 0 Å². The summed E-state index contributed by atoms with van der Waals surface area (Å²) in [5.74, 6) is 5.49. The van der Waals surface area contributed by atoms with Crippen LogP contribution < -0.4 is 11.3 Å². The molecule has 2 unspecified atom stereocenters. The number of hydrogen-bond donors (Lipinski definition) is 2. The van der Waals surface area contributed by atoms with E-state index in [0.717, 1.165) is 37.1 Å². The first-order valence-electron chi connectivity index (χ1n) is 6.24. The highest BCUT2D eigenvalue weighted by Gasteiger charge is 2.30. The van der Waals surface area contributed by atoms with E-state index >= 15 is 0 Å². The maximum absolute atomic E-state index is 12.4. The number of hydrazine groups is 1. The zero-order valence-electron chi connectivity index (χ0n) is 10.4. The molecule has 1 fully saturated rings. The molecule has 0 saturated carbocycles. The summed E-state index contributed by atoms with van der Waals surface area (Å²) in [7, 11) is 0. The lowest BCUT2D eigenvalue weighted by molar-refractivity contribution is -0.137. The van der Waals surface area contributed by atoms with E-state index in [-0.39, 0.29) is 12.1 Å². The van der Waals surface area contributed by atoms with Crippen LogP contribution in [-0.2, 0) is 17.3 Å². The maximum atomic E-state index is 12.4. The van der Waals surface area contributed by atoms with Crippen LogP contribution in [-0.4, -0.2) is 18.8 Å². The normalized spacial score (nSPS) is 21.6. The minimum absolute atomic E-state index is 0.0345. The Morgan fingerprint density at radius 1 is 1.32 bits per heavy atom. The monoisotopic (exact) mass is 274 g/mol. The molecule has 0 aliphatic carbocycles. The number of nitrogens with two attached hydrogens (primary N) is 1.